The zero-order chi connectivity index (χ0) is 16.3. The molecule has 1 rings (SSSR count). The summed E-state index contributed by atoms with van der Waals surface area (Å²) in [6.07, 6.45) is 0. The first-order valence-electron chi connectivity index (χ1n) is 6.25. The highest BCUT2D eigenvalue weighted by atomic mass is 32.2. The summed E-state index contributed by atoms with van der Waals surface area (Å²) in [5.74, 6) is 0. The monoisotopic (exact) mass is 336 g/mol. The number of nitrogens with two attached hydrogens (primary N) is 1. The van der Waals surface area contributed by atoms with Gasteiger partial charge in [-0.05, 0) is 32.9 Å². The molecule has 0 fully saturated rings. The second-order valence-electron chi connectivity index (χ2n) is 5.01. The van der Waals surface area contributed by atoms with Crippen molar-refractivity contribution < 1.29 is 21.6 Å². The molecule has 0 unspecified atom stereocenters. The fourth-order valence-corrected chi connectivity index (χ4v) is 4.27. The van der Waals surface area contributed by atoms with E-state index in [0.29, 0.717) is 6.61 Å². The third-order valence-corrected chi connectivity index (χ3v) is 5.23. The Hall–Kier alpha value is -1.00. The Labute approximate surface area is 125 Å². The third kappa shape index (κ3) is 5.04. The predicted molar refractivity (Wildman–Crippen MR) is 78.7 cm³/mol. The van der Waals surface area contributed by atoms with E-state index in [-0.39, 0.29) is 11.4 Å². The molecular weight excluding hydrogens is 316 g/mol. The topological polar surface area (TPSA) is 116 Å². The lowest BCUT2D eigenvalue weighted by Crippen LogP contribution is -2.40. The van der Waals surface area contributed by atoms with Gasteiger partial charge in [0.2, 0.25) is 20.0 Å². The zero-order valence-electron chi connectivity index (χ0n) is 12.2. The maximum absolute atomic E-state index is 12.3. The van der Waals surface area contributed by atoms with E-state index in [1.807, 2.05) is 0 Å². The number of hydrogen-bond donors (Lipinski definition) is 2. The Kier molecular flexibility index (Phi) is 5.51. The number of primary sulfonamides is 1. The fourth-order valence-electron chi connectivity index (χ4n) is 1.70. The van der Waals surface area contributed by atoms with Gasteiger partial charge in [0.05, 0.1) is 5.60 Å². The lowest BCUT2D eigenvalue weighted by Gasteiger charge is -2.25. The van der Waals surface area contributed by atoms with Crippen LogP contribution in [0.4, 0.5) is 0 Å². The van der Waals surface area contributed by atoms with Gasteiger partial charge in [-0.15, -0.1) is 0 Å². The molecule has 0 radical (unpaired) electrons. The van der Waals surface area contributed by atoms with Crippen LogP contribution < -0.4 is 9.86 Å². The minimum Gasteiger partial charge on any atom is -0.375 e. The van der Waals surface area contributed by atoms with Crippen LogP contribution in [0.15, 0.2) is 34.1 Å². The van der Waals surface area contributed by atoms with Crippen LogP contribution in [0, 0.1) is 0 Å². The van der Waals surface area contributed by atoms with Crippen molar-refractivity contribution in [3.63, 3.8) is 0 Å². The average Bonchev–Trinajstić information content (AvgIpc) is 2.36. The van der Waals surface area contributed by atoms with Crippen molar-refractivity contribution in [2.75, 3.05) is 13.2 Å². The second-order valence-corrected chi connectivity index (χ2v) is 8.27. The van der Waals surface area contributed by atoms with Crippen LogP contribution in [-0.4, -0.2) is 35.6 Å². The van der Waals surface area contributed by atoms with Crippen LogP contribution in [0.5, 0.6) is 0 Å². The van der Waals surface area contributed by atoms with E-state index in [1.54, 1.807) is 20.8 Å². The van der Waals surface area contributed by atoms with Gasteiger partial charge < -0.3 is 4.74 Å². The summed E-state index contributed by atoms with van der Waals surface area (Å²) in [6, 6.07) is 5.17. The smallest absolute Gasteiger partial charge is 0.242 e. The van der Waals surface area contributed by atoms with E-state index < -0.39 is 30.5 Å². The Morgan fingerprint density at radius 1 is 1.14 bits per heavy atom. The fraction of sp³-hybridized carbons (Fsp3) is 0.500. The molecule has 0 saturated carbocycles. The van der Waals surface area contributed by atoms with Crippen LogP contribution >= 0.6 is 0 Å². The predicted octanol–water partition coefficient (Wildman–Crippen LogP) is 0.427. The minimum absolute atomic E-state index is 0.00211. The van der Waals surface area contributed by atoms with E-state index in [4.69, 9.17) is 9.88 Å². The summed E-state index contributed by atoms with van der Waals surface area (Å²) in [7, 11) is -8.15. The summed E-state index contributed by atoms with van der Waals surface area (Å²) in [5.41, 5.74) is -0.710. The van der Waals surface area contributed by atoms with Gasteiger partial charge in [0.25, 0.3) is 0 Å². The molecule has 1 aromatic carbocycles. The maximum Gasteiger partial charge on any atom is 0.242 e. The van der Waals surface area contributed by atoms with E-state index in [0.717, 1.165) is 6.07 Å². The molecule has 0 aromatic heterocycles. The largest absolute Gasteiger partial charge is 0.375 e. The van der Waals surface area contributed by atoms with E-state index in [1.165, 1.54) is 18.2 Å². The zero-order valence-corrected chi connectivity index (χ0v) is 13.8. The molecule has 0 heterocycles. The van der Waals surface area contributed by atoms with Gasteiger partial charge in [-0.25, -0.2) is 26.7 Å². The Morgan fingerprint density at radius 3 is 2.14 bits per heavy atom. The lowest BCUT2D eigenvalue weighted by atomic mass is 10.1. The normalized spacial score (nSPS) is 13.3. The number of hydrogen-bond acceptors (Lipinski definition) is 5. The number of rotatable bonds is 7. The standard InChI is InChI=1S/C12H20N2O5S2/c1-4-19-12(2,3)9-14-21(17,18)11-8-6-5-7-10(11)20(13,15)16/h5-8,14H,4,9H2,1-3H3,(H2,13,15,16). The lowest BCUT2D eigenvalue weighted by molar-refractivity contribution is -0.00515. The molecule has 0 bridgehead atoms. The Morgan fingerprint density at radius 2 is 1.67 bits per heavy atom. The molecule has 0 aliphatic rings. The number of nitrogens with one attached hydrogen (secondary N) is 1. The molecule has 0 aliphatic carbocycles. The van der Waals surface area contributed by atoms with E-state index in [9.17, 15) is 16.8 Å². The van der Waals surface area contributed by atoms with Crippen molar-refractivity contribution in [2.45, 2.75) is 36.2 Å². The SMILES string of the molecule is CCOC(C)(C)CNS(=O)(=O)c1ccccc1S(N)(=O)=O. The van der Waals surface area contributed by atoms with Gasteiger partial charge in [0.15, 0.2) is 0 Å². The van der Waals surface area contributed by atoms with Crippen LogP contribution in [0.25, 0.3) is 0 Å². The molecule has 1 aromatic rings. The van der Waals surface area contributed by atoms with Crippen molar-refractivity contribution in [1.29, 1.82) is 0 Å². The van der Waals surface area contributed by atoms with Gasteiger partial charge >= 0.3 is 0 Å². The van der Waals surface area contributed by atoms with Gasteiger partial charge in [0.1, 0.15) is 9.79 Å². The molecule has 120 valence electrons. The quantitative estimate of drug-likeness (QED) is 0.749. The third-order valence-electron chi connectivity index (χ3n) is 2.67. The summed E-state index contributed by atoms with van der Waals surface area (Å²) in [6.45, 7) is 5.69. The molecule has 0 aliphatic heterocycles. The molecule has 0 spiro atoms. The van der Waals surface area contributed by atoms with Crippen molar-refractivity contribution in [3.8, 4) is 0 Å². The highest BCUT2D eigenvalue weighted by molar-refractivity contribution is 7.92. The maximum atomic E-state index is 12.3. The van der Waals surface area contributed by atoms with Crippen LogP contribution in [-0.2, 0) is 24.8 Å². The molecular formula is C12H20N2O5S2. The summed E-state index contributed by atoms with van der Waals surface area (Å²) < 4.78 is 55.2. The van der Waals surface area contributed by atoms with Gasteiger partial charge in [0, 0.05) is 13.2 Å². The van der Waals surface area contributed by atoms with Gasteiger partial charge in [-0.2, -0.15) is 0 Å². The van der Waals surface area contributed by atoms with E-state index in [2.05, 4.69) is 4.72 Å². The Bertz CT molecular complexity index is 696. The summed E-state index contributed by atoms with van der Waals surface area (Å²) >= 11 is 0. The van der Waals surface area contributed by atoms with Crippen LogP contribution in [0.3, 0.4) is 0 Å². The number of benzene rings is 1. The number of sulfonamides is 2. The summed E-state index contributed by atoms with van der Waals surface area (Å²) in [4.78, 5) is -0.813. The first-order valence-corrected chi connectivity index (χ1v) is 9.28. The van der Waals surface area contributed by atoms with Crippen molar-refractivity contribution in [2.24, 2.45) is 5.14 Å². The molecule has 3 N–H and O–H groups in total. The molecule has 9 heteroatoms. The molecule has 0 amide bonds. The first kappa shape index (κ1) is 18.1. The molecule has 7 nitrogen and oxygen atoms in total. The molecule has 0 saturated heterocycles. The van der Waals surface area contributed by atoms with Crippen LogP contribution in [0.1, 0.15) is 20.8 Å². The minimum atomic E-state index is -4.13. The van der Waals surface area contributed by atoms with Crippen molar-refractivity contribution >= 4 is 20.0 Å². The molecule has 0 atom stereocenters. The van der Waals surface area contributed by atoms with Crippen LogP contribution in [0.2, 0.25) is 0 Å². The average molecular weight is 336 g/mol. The van der Waals surface area contributed by atoms with Crippen molar-refractivity contribution in [1.82, 2.24) is 4.72 Å². The van der Waals surface area contributed by atoms with Gasteiger partial charge in [-0.1, -0.05) is 12.1 Å². The highest BCUT2D eigenvalue weighted by Gasteiger charge is 2.26. The van der Waals surface area contributed by atoms with Crippen molar-refractivity contribution in [3.05, 3.63) is 24.3 Å². The first-order chi connectivity index (χ1) is 9.49. The van der Waals surface area contributed by atoms with Gasteiger partial charge in [-0.3, -0.25) is 0 Å². The summed E-state index contributed by atoms with van der Waals surface area (Å²) in [5, 5.41) is 5.04. The van der Waals surface area contributed by atoms with E-state index >= 15 is 0 Å². The molecule has 21 heavy (non-hydrogen) atoms. The second kappa shape index (κ2) is 6.41. The number of ether oxygens (including phenoxy) is 1. The highest BCUT2D eigenvalue weighted by Crippen LogP contribution is 2.19. The Balaban J connectivity index is 3.11.